The lowest BCUT2D eigenvalue weighted by Crippen LogP contribution is -2.55. The summed E-state index contributed by atoms with van der Waals surface area (Å²) in [7, 11) is -5.02. The molecule has 0 saturated carbocycles. The molecule has 0 radical (unpaired) electrons. The smallest absolute Gasteiger partial charge is 0.410 e. The summed E-state index contributed by atoms with van der Waals surface area (Å²) in [5.41, 5.74) is 0.808. The second-order valence-electron chi connectivity index (χ2n) is 8.08. The molecule has 1 fully saturated rings. The Morgan fingerprint density at radius 2 is 1.62 bits per heavy atom. The minimum Gasteiger partial charge on any atom is -0.809 e. The molecule has 188 valence electrons. The number of hydrogen-bond acceptors (Lipinski definition) is 8. The number of likely N-dealkylation sites (tertiary alicyclic amines) is 1. The SMILES string of the molecule is C[C@H](NC(=O)[C@H](C)NC(=O)[C@@H]1CCCN1C(=O)OCc1ccccc1)C(=O)N[C@@H](C)P(=O)([O-])[O-]. The molecule has 0 aliphatic carbocycles. The van der Waals surface area contributed by atoms with Gasteiger partial charge in [0, 0.05) is 6.54 Å². The van der Waals surface area contributed by atoms with Crippen LogP contribution in [0.4, 0.5) is 4.79 Å². The van der Waals surface area contributed by atoms with Crippen molar-refractivity contribution in [3.05, 3.63) is 35.9 Å². The topological polar surface area (TPSA) is 180 Å². The van der Waals surface area contributed by atoms with E-state index in [0.29, 0.717) is 19.4 Å². The molecule has 3 N–H and O–H groups in total. The van der Waals surface area contributed by atoms with Gasteiger partial charge in [-0.3, -0.25) is 19.3 Å². The summed E-state index contributed by atoms with van der Waals surface area (Å²) in [5.74, 6) is -3.74. The molecule has 0 aromatic heterocycles. The summed E-state index contributed by atoms with van der Waals surface area (Å²) in [6.07, 6.45) is 0.367. The molecule has 34 heavy (non-hydrogen) atoms. The molecule has 13 heteroatoms. The molecule has 0 bridgehead atoms. The highest BCUT2D eigenvalue weighted by molar-refractivity contribution is 7.49. The number of benzene rings is 1. The third-order valence-electron chi connectivity index (χ3n) is 5.32. The van der Waals surface area contributed by atoms with Gasteiger partial charge in [0.25, 0.3) is 0 Å². The van der Waals surface area contributed by atoms with E-state index in [2.05, 4.69) is 10.6 Å². The average molecular weight is 496 g/mol. The van der Waals surface area contributed by atoms with Gasteiger partial charge in [0.15, 0.2) is 0 Å². The van der Waals surface area contributed by atoms with Crippen LogP contribution in [-0.2, 0) is 30.3 Å². The lowest BCUT2D eigenvalue weighted by molar-refractivity contribution is -0.316. The highest BCUT2D eigenvalue weighted by Crippen LogP contribution is 2.28. The largest absolute Gasteiger partial charge is 0.809 e. The van der Waals surface area contributed by atoms with E-state index < -0.39 is 55.3 Å². The number of nitrogens with one attached hydrogen (secondary N) is 3. The Kier molecular flexibility index (Phi) is 9.60. The van der Waals surface area contributed by atoms with Gasteiger partial charge in [-0.25, -0.2) is 4.79 Å². The average Bonchev–Trinajstić information content (AvgIpc) is 3.27. The van der Waals surface area contributed by atoms with E-state index in [1.165, 1.54) is 18.7 Å². The second kappa shape index (κ2) is 12.0. The molecule has 1 aliphatic rings. The van der Waals surface area contributed by atoms with Crippen molar-refractivity contribution in [3.8, 4) is 0 Å². The van der Waals surface area contributed by atoms with Crippen molar-refractivity contribution in [2.45, 2.75) is 64.1 Å². The molecular weight excluding hydrogens is 467 g/mol. The van der Waals surface area contributed by atoms with Crippen LogP contribution in [0.15, 0.2) is 30.3 Å². The molecule has 1 heterocycles. The first-order valence-electron chi connectivity index (χ1n) is 10.8. The van der Waals surface area contributed by atoms with Crippen molar-refractivity contribution in [2.24, 2.45) is 0 Å². The van der Waals surface area contributed by atoms with Crippen LogP contribution in [0.3, 0.4) is 0 Å². The van der Waals surface area contributed by atoms with E-state index in [1.54, 1.807) is 0 Å². The molecule has 4 atom stereocenters. The molecule has 2 rings (SSSR count). The van der Waals surface area contributed by atoms with Gasteiger partial charge in [-0.2, -0.15) is 0 Å². The van der Waals surface area contributed by atoms with Crippen LogP contribution >= 0.6 is 7.60 Å². The molecule has 1 aromatic rings. The zero-order chi connectivity index (χ0) is 25.5. The zero-order valence-electron chi connectivity index (χ0n) is 19.2. The number of ether oxygens (including phenoxy) is 1. The van der Waals surface area contributed by atoms with E-state index in [-0.39, 0.29) is 6.61 Å². The quantitative estimate of drug-likeness (QED) is 0.371. The van der Waals surface area contributed by atoms with Crippen LogP contribution in [0.5, 0.6) is 0 Å². The number of rotatable bonds is 9. The van der Waals surface area contributed by atoms with Crippen molar-refractivity contribution >= 4 is 31.4 Å². The van der Waals surface area contributed by atoms with Gasteiger partial charge in [-0.05, 0) is 46.8 Å². The maximum absolute atomic E-state index is 12.7. The van der Waals surface area contributed by atoms with E-state index in [9.17, 15) is 33.5 Å². The van der Waals surface area contributed by atoms with Crippen molar-refractivity contribution < 1.29 is 38.3 Å². The van der Waals surface area contributed by atoms with Crippen LogP contribution in [0.1, 0.15) is 39.2 Å². The standard InChI is InChI=1S/C21H31N4O8P/c1-13(18(26)22-14(2)19(27)24-15(3)34(30,31)32)23-20(28)17-10-7-11-25(17)21(29)33-12-16-8-5-4-6-9-16/h4-6,8-9,13-15,17H,7,10-12H2,1-3H3,(H,22,26)(H,23,28)(H,24,27)(H2,30,31,32)/p-2/t13-,14-,15+,17-/m0/s1. The van der Waals surface area contributed by atoms with Gasteiger partial charge in [0.2, 0.25) is 17.7 Å². The highest BCUT2D eigenvalue weighted by Gasteiger charge is 2.36. The monoisotopic (exact) mass is 496 g/mol. The minimum absolute atomic E-state index is 0.0655. The van der Waals surface area contributed by atoms with E-state index in [4.69, 9.17) is 4.74 Å². The fraction of sp³-hybridized carbons (Fsp3) is 0.524. The normalized spacial score (nSPS) is 18.4. The van der Waals surface area contributed by atoms with Gasteiger partial charge >= 0.3 is 6.09 Å². The number of hydrogen-bond donors (Lipinski definition) is 3. The lowest BCUT2D eigenvalue weighted by Gasteiger charge is -2.36. The molecule has 4 amide bonds. The van der Waals surface area contributed by atoms with E-state index in [1.807, 2.05) is 35.6 Å². The first-order chi connectivity index (χ1) is 15.9. The fourth-order valence-corrected chi connectivity index (χ4v) is 3.53. The van der Waals surface area contributed by atoms with Crippen LogP contribution < -0.4 is 25.7 Å². The van der Waals surface area contributed by atoms with Gasteiger partial charge in [0.1, 0.15) is 24.7 Å². The Morgan fingerprint density at radius 3 is 2.24 bits per heavy atom. The Bertz CT molecular complexity index is 938. The van der Waals surface area contributed by atoms with E-state index in [0.717, 1.165) is 12.5 Å². The minimum atomic E-state index is -5.02. The summed E-state index contributed by atoms with van der Waals surface area (Å²) in [5, 5.41) is 6.86. The van der Waals surface area contributed by atoms with Crippen LogP contribution in [0, 0.1) is 0 Å². The predicted molar refractivity (Wildman–Crippen MR) is 117 cm³/mol. The zero-order valence-corrected chi connectivity index (χ0v) is 20.1. The third-order valence-corrected chi connectivity index (χ3v) is 6.40. The van der Waals surface area contributed by atoms with Gasteiger partial charge in [0.05, 0.1) is 5.78 Å². The number of amides is 4. The van der Waals surface area contributed by atoms with Crippen LogP contribution in [0.25, 0.3) is 0 Å². The second-order valence-corrected chi connectivity index (χ2v) is 9.93. The van der Waals surface area contributed by atoms with Crippen LogP contribution in [-0.4, -0.2) is 59.2 Å². The summed E-state index contributed by atoms with van der Waals surface area (Å²) in [4.78, 5) is 72.7. The van der Waals surface area contributed by atoms with Crippen molar-refractivity contribution in [1.82, 2.24) is 20.9 Å². The van der Waals surface area contributed by atoms with Crippen molar-refractivity contribution in [2.75, 3.05) is 6.54 Å². The molecular formula is C21H29N4O8P-2. The van der Waals surface area contributed by atoms with Gasteiger partial charge in [-0.1, -0.05) is 30.3 Å². The first kappa shape index (κ1) is 27.3. The predicted octanol–water partition coefficient (Wildman–Crippen LogP) is -0.827. The Balaban J connectivity index is 1.85. The maximum atomic E-state index is 12.7. The number of carbonyl (C=O) groups excluding carboxylic acids is 4. The van der Waals surface area contributed by atoms with Crippen molar-refractivity contribution in [1.29, 1.82) is 0 Å². The first-order valence-corrected chi connectivity index (χ1v) is 12.4. The third kappa shape index (κ3) is 7.82. The molecule has 1 saturated heterocycles. The number of carbonyl (C=O) groups is 4. The number of nitrogens with zero attached hydrogens (tertiary/aromatic N) is 1. The lowest BCUT2D eigenvalue weighted by atomic mass is 10.2. The summed E-state index contributed by atoms with van der Waals surface area (Å²) >= 11 is 0. The molecule has 1 aliphatic heterocycles. The molecule has 1 aromatic carbocycles. The Morgan fingerprint density at radius 1 is 1.03 bits per heavy atom. The Hall–Kier alpha value is -2.95. The Labute approximate surface area is 197 Å². The maximum Gasteiger partial charge on any atom is 0.410 e. The molecule has 0 spiro atoms. The molecule has 0 unspecified atom stereocenters. The highest BCUT2D eigenvalue weighted by atomic mass is 31.2. The fourth-order valence-electron chi connectivity index (χ4n) is 3.25. The summed E-state index contributed by atoms with van der Waals surface area (Å²) in [6, 6.07) is 6.09. The van der Waals surface area contributed by atoms with Gasteiger partial charge < -0.3 is 35.0 Å². The molecule has 12 nitrogen and oxygen atoms in total. The van der Waals surface area contributed by atoms with Crippen LogP contribution in [0.2, 0.25) is 0 Å². The summed E-state index contributed by atoms with van der Waals surface area (Å²) < 4.78 is 16.2. The summed E-state index contributed by atoms with van der Waals surface area (Å²) in [6.45, 7) is 4.13. The van der Waals surface area contributed by atoms with E-state index >= 15 is 0 Å². The van der Waals surface area contributed by atoms with Crippen molar-refractivity contribution in [3.63, 3.8) is 0 Å². The van der Waals surface area contributed by atoms with Gasteiger partial charge in [-0.15, -0.1) is 0 Å².